The van der Waals surface area contributed by atoms with Crippen molar-refractivity contribution in [3.63, 3.8) is 0 Å². The summed E-state index contributed by atoms with van der Waals surface area (Å²) in [6.45, 7) is 0. The number of alkyl halides is 1. The maximum Gasteiger partial charge on any atom is 0.231 e. The minimum Gasteiger partial charge on any atom is -0.343 e. The lowest BCUT2D eigenvalue weighted by atomic mass is 10.1. The van der Waals surface area contributed by atoms with E-state index in [4.69, 9.17) is 27.7 Å². The molecule has 0 aliphatic heterocycles. The van der Waals surface area contributed by atoms with Crippen molar-refractivity contribution >= 4 is 23.2 Å². The average Bonchev–Trinajstić information content (AvgIpc) is 2.61. The van der Waals surface area contributed by atoms with Crippen LogP contribution in [0.1, 0.15) is 5.56 Å². The fourth-order valence-corrected chi connectivity index (χ4v) is 1.75. The first-order chi connectivity index (χ1) is 7.22. The Labute approximate surface area is 95.6 Å². The van der Waals surface area contributed by atoms with Crippen LogP contribution < -0.4 is 0 Å². The molecule has 0 saturated heterocycles. The highest BCUT2D eigenvalue weighted by Crippen LogP contribution is 2.29. The zero-order chi connectivity index (χ0) is 10.8. The summed E-state index contributed by atoms with van der Waals surface area (Å²) in [7, 11) is 0. The molecule has 0 spiro atoms. The average molecular weight is 246 g/mol. The van der Waals surface area contributed by atoms with Crippen LogP contribution in [0.25, 0.3) is 11.3 Å². The van der Waals surface area contributed by atoms with E-state index in [2.05, 4.69) is 5.16 Å². The van der Waals surface area contributed by atoms with Gasteiger partial charge in [-0.05, 0) is 35.9 Å². The van der Waals surface area contributed by atoms with E-state index in [1.54, 1.807) is 12.1 Å². The third-order valence-corrected chi connectivity index (χ3v) is 2.56. The van der Waals surface area contributed by atoms with Crippen LogP contribution in [-0.4, -0.2) is 5.16 Å². The Bertz CT molecular complexity index is 467. The SMILES string of the molecule is Fc1ccc(-c2noc(Cl)c2CCl)cc1. The van der Waals surface area contributed by atoms with Gasteiger partial charge >= 0.3 is 0 Å². The molecule has 0 bridgehead atoms. The molecule has 0 atom stereocenters. The Kier molecular flexibility index (Phi) is 2.93. The van der Waals surface area contributed by atoms with E-state index < -0.39 is 0 Å². The largest absolute Gasteiger partial charge is 0.343 e. The minimum absolute atomic E-state index is 0.171. The second-order valence-electron chi connectivity index (χ2n) is 2.92. The molecule has 0 saturated carbocycles. The lowest BCUT2D eigenvalue weighted by Gasteiger charge is -1.97. The smallest absolute Gasteiger partial charge is 0.231 e. The van der Waals surface area contributed by atoms with Crippen molar-refractivity contribution in [1.82, 2.24) is 5.16 Å². The predicted molar refractivity (Wildman–Crippen MR) is 56.5 cm³/mol. The van der Waals surface area contributed by atoms with Crippen molar-refractivity contribution in [3.8, 4) is 11.3 Å². The van der Waals surface area contributed by atoms with Gasteiger partial charge in [-0.2, -0.15) is 0 Å². The Morgan fingerprint density at radius 2 is 1.93 bits per heavy atom. The molecule has 1 aromatic carbocycles. The molecule has 0 aliphatic carbocycles. The summed E-state index contributed by atoms with van der Waals surface area (Å²) in [5, 5.41) is 3.94. The van der Waals surface area contributed by atoms with Gasteiger partial charge in [-0.1, -0.05) is 5.16 Å². The van der Waals surface area contributed by atoms with Crippen molar-refractivity contribution in [3.05, 3.63) is 40.9 Å². The first kappa shape index (κ1) is 10.5. The van der Waals surface area contributed by atoms with E-state index in [0.717, 1.165) is 5.56 Å². The highest BCUT2D eigenvalue weighted by molar-refractivity contribution is 6.31. The topological polar surface area (TPSA) is 26.0 Å². The van der Waals surface area contributed by atoms with Crippen molar-refractivity contribution in [2.24, 2.45) is 0 Å². The molecule has 0 radical (unpaired) electrons. The van der Waals surface area contributed by atoms with Crippen molar-refractivity contribution in [1.29, 1.82) is 0 Å². The summed E-state index contributed by atoms with van der Waals surface area (Å²) in [6.07, 6.45) is 0. The second-order valence-corrected chi connectivity index (χ2v) is 3.53. The minimum atomic E-state index is -0.305. The Balaban J connectivity index is 2.49. The van der Waals surface area contributed by atoms with Crippen LogP contribution in [0.15, 0.2) is 28.8 Å². The Morgan fingerprint density at radius 3 is 2.53 bits per heavy atom. The molecule has 2 rings (SSSR count). The number of hydrogen-bond acceptors (Lipinski definition) is 2. The first-order valence-electron chi connectivity index (χ1n) is 4.18. The highest BCUT2D eigenvalue weighted by Gasteiger charge is 2.14. The van der Waals surface area contributed by atoms with Crippen molar-refractivity contribution in [2.45, 2.75) is 5.88 Å². The van der Waals surface area contributed by atoms with Gasteiger partial charge < -0.3 is 4.52 Å². The van der Waals surface area contributed by atoms with E-state index in [1.807, 2.05) is 0 Å². The van der Waals surface area contributed by atoms with E-state index in [-0.39, 0.29) is 16.9 Å². The maximum atomic E-state index is 12.7. The van der Waals surface area contributed by atoms with Crippen LogP contribution in [0.4, 0.5) is 4.39 Å². The van der Waals surface area contributed by atoms with Crippen LogP contribution >= 0.6 is 23.2 Å². The molecular weight excluding hydrogens is 240 g/mol. The fourth-order valence-electron chi connectivity index (χ4n) is 1.24. The molecule has 1 aromatic heterocycles. The standard InChI is InChI=1S/C10H6Cl2FNO/c11-5-8-9(14-15-10(8)12)6-1-3-7(13)4-2-6/h1-4H,5H2. The number of nitrogens with zero attached hydrogens (tertiary/aromatic N) is 1. The predicted octanol–water partition coefficient (Wildman–Crippen LogP) is 3.87. The van der Waals surface area contributed by atoms with Gasteiger partial charge in [-0.25, -0.2) is 4.39 Å². The third kappa shape index (κ3) is 1.98. The Hall–Kier alpha value is -1.06. The molecule has 0 N–H and O–H groups in total. The number of halogens is 3. The Morgan fingerprint density at radius 1 is 1.27 bits per heavy atom. The zero-order valence-electron chi connectivity index (χ0n) is 7.51. The summed E-state index contributed by atoms with van der Waals surface area (Å²) < 4.78 is 17.5. The lowest BCUT2D eigenvalue weighted by molar-refractivity contribution is 0.423. The number of hydrogen-bond donors (Lipinski definition) is 0. The normalized spacial score (nSPS) is 10.6. The summed E-state index contributed by atoms with van der Waals surface area (Å²) in [5.74, 6) is -0.101. The van der Waals surface area contributed by atoms with Gasteiger partial charge in [0.25, 0.3) is 0 Å². The van der Waals surface area contributed by atoms with Gasteiger partial charge in [-0.3, -0.25) is 0 Å². The molecule has 0 amide bonds. The van der Waals surface area contributed by atoms with Crippen LogP contribution in [0.5, 0.6) is 0 Å². The number of benzene rings is 1. The van der Waals surface area contributed by atoms with Crippen LogP contribution in [-0.2, 0) is 5.88 Å². The molecule has 0 unspecified atom stereocenters. The van der Waals surface area contributed by atoms with E-state index >= 15 is 0 Å². The highest BCUT2D eigenvalue weighted by atomic mass is 35.5. The molecule has 15 heavy (non-hydrogen) atoms. The van der Waals surface area contributed by atoms with Crippen molar-refractivity contribution in [2.75, 3.05) is 0 Å². The quantitative estimate of drug-likeness (QED) is 0.751. The fraction of sp³-hybridized carbons (Fsp3) is 0.100. The van der Waals surface area contributed by atoms with Gasteiger partial charge in [0, 0.05) is 5.56 Å². The van der Waals surface area contributed by atoms with E-state index in [1.165, 1.54) is 12.1 Å². The molecule has 1 heterocycles. The molecular formula is C10H6Cl2FNO. The van der Waals surface area contributed by atoms with Crippen LogP contribution in [0.2, 0.25) is 5.22 Å². The van der Waals surface area contributed by atoms with Gasteiger partial charge in [0.1, 0.15) is 11.5 Å². The molecule has 78 valence electrons. The molecule has 0 fully saturated rings. The van der Waals surface area contributed by atoms with E-state index in [9.17, 15) is 4.39 Å². The van der Waals surface area contributed by atoms with Crippen LogP contribution in [0, 0.1) is 5.82 Å². The van der Waals surface area contributed by atoms with Gasteiger partial charge in [0.05, 0.1) is 11.4 Å². The first-order valence-corrected chi connectivity index (χ1v) is 5.09. The molecule has 5 heteroatoms. The second kappa shape index (κ2) is 4.21. The number of aromatic nitrogens is 1. The maximum absolute atomic E-state index is 12.7. The van der Waals surface area contributed by atoms with Gasteiger partial charge in [-0.15, -0.1) is 11.6 Å². The summed E-state index contributed by atoms with van der Waals surface area (Å²) in [4.78, 5) is 0. The monoisotopic (exact) mass is 245 g/mol. The summed E-state index contributed by atoms with van der Waals surface area (Å²) in [6, 6.07) is 5.88. The molecule has 2 nitrogen and oxygen atoms in total. The van der Waals surface area contributed by atoms with E-state index in [0.29, 0.717) is 11.3 Å². The molecule has 2 aromatic rings. The van der Waals surface area contributed by atoms with Crippen LogP contribution in [0.3, 0.4) is 0 Å². The third-order valence-electron chi connectivity index (χ3n) is 1.99. The lowest BCUT2D eigenvalue weighted by Crippen LogP contribution is -1.84. The summed E-state index contributed by atoms with van der Waals surface area (Å²) in [5.41, 5.74) is 1.89. The number of rotatable bonds is 2. The van der Waals surface area contributed by atoms with Crippen molar-refractivity contribution < 1.29 is 8.91 Å². The zero-order valence-corrected chi connectivity index (χ0v) is 9.02. The van der Waals surface area contributed by atoms with Gasteiger partial charge in [0.15, 0.2) is 0 Å². The summed E-state index contributed by atoms with van der Waals surface area (Å²) >= 11 is 11.4. The van der Waals surface area contributed by atoms with Gasteiger partial charge in [0.2, 0.25) is 5.22 Å². The molecule has 0 aliphatic rings.